The minimum absolute atomic E-state index is 0.333. The molecule has 182 valence electrons. The topological polar surface area (TPSA) is 118 Å². The van der Waals surface area contributed by atoms with E-state index in [4.69, 9.17) is 14.2 Å². The van der Waals surface area contributed by atoms with Gasteiger partial charge in [0, 0.05) is 23.5 Å². The zero-order valence-electron chi connectivity index (χ0n) is 20.3. The summed E-state index contributed by atoms with van der Waals surface area (Å²) in [5.74, 6) is 1.88. The zero-order valence-corrected chi connectivity index (χ0v) is 20.3. The number of fused-ring (bicyclic) bond motifs is 1. The summed E-state index contributed by atoms with van der Waals surface area (Å²) in [6, 6.07) is 19.5. The number of aromatic nitrogens is 2. The molecule has 4 rings (SSSR count). The summed E-state index contributed by atoms with van der Waals surface area (Å²) in [6.45, 7) is 3.65. The number of anilines is 2. The van der Waals surface area contributed by atoms with Gasteiger partial charge in [-0.25, -0.2) is 14.8 Å². The first-order valence-corrected chi connectivity index (χ1v) is 11.1. The number of methoxy groups -OCH3 is 2. The van der Waals surface area contributed by atoms with Gasteiger partial charge < -0.3 is 24.8 Å². The second-order valence-corrected chi connectivity index (χ2v) is 8.43. The molecule has 0 atom stereocenters. The lowest BCUT2D eigenvalue weighted by atomic mass is 9.86. The third-order valence-electron chi connectivity index (χ3n) is 5.53. The van der Waals surface area contributed by atoms with E-state index in [9.17, 15) is 10.1 Å². The van der Waals surface area contributed by atoms with E-state index in [1.54, 1.807) is 68.8 Å². The Bertz CT molecular complexity index is 1460. The molecule has 0 aliphatic carbocycles. The molecule has 0 aliphatic heterocycles. The smallest absolute Gasteiger partial charge is 0.323 e. The highest BCUT2D eigenvalue weighted by molar-refractivity contribution is 6.00. The van der Waals surface area contributed by atoms with Crippen molar-refractivity contribution in [2.24, 2.45) is 0 Å². The van der Waals surface area contributed by atoms with Crippen molar-refractivity contribution in [1.29, 1.82) is 5.26 Å². The first kappa shape index (κ1) is 24.3. The van der Waals surface area contributed by atoms with E-state index in [0.29, 0.717) is 45.4 Å². The van der Waals surface area contributed by atoms with Crippen LogP contribution >= 0.6 is 0 Å². The molecule has 0 spiro atoms. The SMILES string of the molecule is COc1cc2ncnc(Oc3cccc(NC(=O)Nc4cccc(C(C)(C)C#N)c4)c3)c2cc1OC. The molecule has 0 saturated heterocycles. The Morgan fingerprint density at radius 3 is 2.28 bits per heavy atom. The largest absolute Gasteiger partial charge is 0.493 e. The predicted molar refractivity (Wildman–Crippen MR) is 137 cm³/mol. The lowest BCUT2D eigenvalue weighted by molar-refractivity contribution is 0.262. The molecule has 0 radical (unpaired) electrons. The third kappa shape index (κ3) is 5.28. The van der Waals surface area contributed by atoms with Gasteiger partial charge in [-0.3, -0.25) is 0 Å². The van der Waals surface area contributed by atoms with Crippen LogP contribution in [-0.4, -0.2) is 30.2 Å². The number of carbonyl (C=O) groups excluding carboxylic acids is 1. The average molecular weight is 484 g/mol. The first-order valence-electron chi connectivity index (χ1n) is 11.1. The molecule has 2 N–H and O–H groups in total. The summed E-state index contributed by atoms with van der Waals surface area (Å²) in [5.41, 5.74) is 1.88. The monoisotopic (exact) mass is 483 g/mol. The fourth-order valence-electron chi connectivity index (χ4n) is 3.53. The maximum absolute atomic E-state index is 12.6. The van der Waals surface area contributed by atoms with Crippen LogP contribution in [0.2, 0.25) is 0 Å². The van der Waals surface area contributed by atoms with Crippen LogP contribution in [0.4, 0.5) is 16.2 Å². The van der Waals surface area contributed by atoms with Crippen molar-refractivity contribution in [1.82, 2.24) is 9.97 Å². The number of benzene rings is 3. The molecule has 4 aromatic rings. The van der Waals surface area contributed by atoms with Gasteiger partial charge in [0.05, 0.1) is 36.6 Å². The Morgan fingerprint density at radius 1 is 0.917 bits per heavy atom. The Morgan fingerprint density at radius 2 is 1.58 bits per heavy atom. The molecule has 36 heavy (non-hydrogen) atoms. The highest BCUT2D eigenvalue weighted by atomic mass is 16.5. The number of nitrogens with one attached hydrogen (secondary N) is 2. The molecular weight excluding hydrogens is 458 g/mol. The number of nitrogens with zero attached hydrogens (tertiary/aromatic N) is 3. The standard InChI is InChI=1S/C27H25N5O4/c1-27(2,15-28)17-7-5-8-18(11-17)31-26(33)32-19-9-6-10-20(12-19)36-25-21-13-23(34-3)24(35-4)14-22(21)29-16-30-25/h5-14,16H,1-4H3,(H2,31,32,33). The normalized spacial score (nSPS) is 10.9. The molecule has 0 unspecified atom stereocenters. The van der Waals surface area contributed by atoms with Crippen LogP contribution in [0.1, 0.15) is 19.4 Å². The van der Waals surface area contributed by atoms with Crippen molar-refractivity contribution in [2.45, 2.75) is 19.3 Å². The van der Waals surface area contributed by atoms with Gasteiger partial charge in [0.25, 0.3) is 0 Å². The number of carbonyl (C=O) groups is 1. The molecule has 0 saturated carbocycles. The number of ether oxygens (including phenoxy) is 3. The summed E-state index contributed by atoms with van der Waals surface area (Å²) < 4.78 is 16.7. The second-order valence-electron chi connectivity index (χ2n) is 8.43. The van der Waals surface area contributed by atoms with Gasteiger partial charge >= 0.3 is 6.03 Å². The molecule has 9 nitrogen and oxygen atoms in total. The van der Waals surface area contributed by atoms with Crippen LogP contribution in [-0.2, 0) is 5.41 Å². The molecule has 0 fully saturated rings. The molecule has 3 aromatic carbocycles. The molecule has 1 heterocycles. The zero-order chi connectivity index (χ0) is 25.7. The van der Waals surface area contributed by atoms with Gasteiger partial charge in [0.15, 0.2) is 11.5 Å². The number of amides is 2. The van der Waals surface area contributed by atoms with Gasteiger partial charge in [-0.1, -0.05) is 18.2 Å². The maximum Gasteiger partial charge on any atom is 0.323 e. The molecule has 0 bridgehead atoms. The van der Waals surface area contributed by atoms with Crippen LogP contribution in [0.15, 0.2) is 67.0 Å². The van der Waals surface area contributed by atoms with Gasteiger partial charge in [0.2, 0.25) is 5.88 Å². The van der Waals surface area contributed by atoms with Crippen LogP contribution < -0.4 is 24.8 Å². The lowest BCUT2D eigenvalue weighted by Crippen LogP contribution is -2.20. The number of hydrogen-bond acceptors (Lipinski definition) is 7. The van der Waals surface area contributed by atoms with Crippen LogP contribution in [0.5, 0.6) is 23.1 Å². The van der Waals surface area contributed by atoms with Crippen molar-refractivity contribution >= 4 is 28.3 Å². The number of urea groups is 1. The van der Waals surface area contributed by atoms with Crippen LogP contribution in [0, 0.1) is 11.3 Å². The minimum atomic E-state index is -0.667. The predicted octanol–water partition coefficient (Wildman–Crippen LogP) is 5.88. The van der Waals surface area contributed by atoms with Crippen molar-refractivity contribution in [3.05, 3.63) is 72.6 Å². The third-order valence-corrected chi connectivity index (χ3v) is 5.53. The van der Waals surface area contributed by atoms with Gasteiger partial charge in [-0.2, -0.15) is 5.26 Å². The van der Waals surface area contributed by atoms with Crippen molar-refractivity contribution in [2.75, 3.05) is 24.9 Å². The van der Waals surface area contributed by atoms with E-state index in [2.05, 4.69) is 26.7 Å². The van der Waals surface area contributed by atoms with Crippen LogP contribution in [0.3, 0.4) is 0 Å². The van der Waals surface area contributed by atoms with Gasteiger partial charge in [-0.05, 0) is 49.7 Å². The fraction of sp³-hybridized carbons (Fsp3) is 0.185. The molecular formula is C27H25N5O4. The van der Waals surface area contributed by atoms with E-state index in [-0.39, 0.29) is 0 Å². The van der Waals surface area contributed by atoms with E-state index in [0.717, 1.165) is 5.56 Å². The summed E-state index contributed by atoms with van der Waals surface area (Å²) in [6.07, 6.45) is 1.40. The quantitative estimate of drug-likeness (QED) is 0.337. The summed E-state index contributed by atoms with van der Waals surface area (Å²) in [7, 11) is 3.11. The summed E-state index contributed by atoms with van der Waals surface area (Å²) >= 11 is 0. The Hall–Kier alpha value is -4.84. The minimum Gasteiger partial charge on any atom is -0.493 e. The number of rotatable bonds is 7. The van der Waals surface area contributed by atoms with Gasteiger partial charge in [0.1, 0.15) is 12.1 Å². The number of hydrogen-bond donors (Lipinski definition) is 2. The summed E-state index contributed by atoms with van der Waals surface area (Å²) in [4.78, 5) is 21.2. The molecule has 0 aliphatic rings. The van der Waals surface area contributed by atoms with Crippen molar-refractivity contribution in [3.8, 4) is 29.2 Å². The Balaban J connectivity index is 1.51. The molecule has 1 aromatic heterocycles. The second kappa shape index (κ2) is 10.2. The highest BCUT2D eigenvalue weighted by Gasteiger charge is 2.20. The number of nitriles is 1. The van der Waals surface area contributed by atoms with Crippen LogP contribution in [0.25, 0.3) is 10.9 Å². The average Bonchev–Trinajstić information content (AvgIpc) is 2.88. The Labute approximate surface area is 208 Å². The fourth-order valence-corrected chi connectivity index (χ4v) is 3.53. The highest BCUT2D eigenvalue weighted by Crippen LogP contribution is 2.36. The summed E-state index contributed by atoms with van der Waals surface area (Å²) in [5, 5.41) is 15.6. The maximum atomic E-state index is 12.6. The Kier molecular flexibility index (Phi) is 6.88. The van der Waals surface area contributed by atoms with E-state index in [1.165, 1.54) is 6.33 Å². The van der Waals surface area contributed by atoms with Gasteiger partial charge in [-0.15, -0.1) is 0 Å². The van der Waals surface area contributed by atoms with Crippen molar-refractivity contribution in [3.63, 3.8) is 0 Å². The van der Waals surface area contributed by atoms with E-state index < -0.39 is 11.4 Å². The molecule has 2 amide bonds. The van der Waals surface area contributed by atoms with Crippen molar-refractivity contribution < 1.29 is 19.0 Å². The molecule has 9 heteroatoms. The van der Waals surface area contributed by atoms with E-state index in [1.807, 2.05) is 19.9 Å². The lowest BCUT2D eigenvalue weighted by Gasteiger charge is -2.17. The first-order chi connectivity index (χ1) is 17.3. The van der Waals surface area contributed by atoms with E-state index >= 15 is 0 Å².